The number of nitrogens with zero attached hydrogens (tertiary/aromatic N) is 1. The molecule has 1 rings (SSSR count). The van der Waals surface area contributed by atoms with Gasteiger partial charge in [0.25, 0.3) is 0 Å². The highest BCUT2D eigenvalue weighted by atomic mass is 16.4. The number of aryl methyl sites for hydroxylation is 1. The maximum atomic E-state index is 11.7. The summed E-state index contributed by atoms with van der Waals surface area (Å²) in [6, 6.07) is 0.156. The lowest BCUT2D eigenvalue weighted by Crippen LogP contribution is -2.16. The van der Waals surface area contributed by atoms with Crippen LogP contribution in [0.3, 0.4) is 0 Å². The Morgan fingerprint density at radius 1 is 1.04 bits per heavy atom. The highest BCUT2D eigenvalue weighted by Gasteiger charge is 2.11. The van der Waals surface area contributed by atoms with E-state index in [0.717, 1.165) is 12.8 Å². The van der Waals surface area contributed by atoms with E-state index in [1.807, 2.05) is 0 Å². The van der Waals surface area contributed by atoms with E-state index in [2.05, 4.69) is 17.2 Å². The molecule has 1 aromatic heterocycles. The molecule has 0 fully saturated rings. The second-order valence-electron chi connectivity index (χ2n) is 6.14. The topological polar surface area (TPSA) is 72.2 Å². The number of nitrogens with one attached hydrogen (secondary N) is 1. The fraction of sp³-hybridized carbons (Fsp3) is 0.722. The van der Waals surface area contributed by atoms with Crippen molar-refractivity contribution in [1.82, 2.24) is 4.98 Å². The number of hydrogen-bond acceptors (Lipinski definition) is 4. The molecule has 0 unspecified atom stereocenters. The smallest absolute Gasteiger partial charge is 0.301 e. The summed E-state index contributed by atoms with van der Waals surface area (Å²) < 4.78 is 5.02. The SMILES string of the molecule is CCCCCCCCCCCC(=O)CC(=O)Nc1nc(C)co1. The number of amides is 1. The quantitative estimate of drug-likeness (QED) is 0.418. The molecular weight excluding hydrogens is 292 g/mol. The number of anilines is 1. The van der Waals surface area contributed by atoms with Crippen LogP contribution >= 0.6 is 0 Å². The number of ketones is 1. The third-order valence-corrected chi connectivity index (χ3v) is 3.78. The molecule has 0 saturated heterocycles. The summed E-state index contributed by atoms with van der Waals surface area (Å²) in [6.07, 6.45) is 12.8. The van der Waals surface area contributed by atoms with Crippen LogP contribution in [0.25, 0.3) is 0 Å². The normalized spacial score (nSPS) is 10.7. The van der Waals surface area contributed by atoms with Gasteiger partial charge in [-0.15, -0.1) is 0 Å². The number of Topliss-reactive ketones (excluding diaryl/α,β-unsaturated/α-hetero) is 1. The largest absolute Gasteiger partial charge is 0.432 e. The van der Waals surface area contributed by atoms with Crippen molar-refractivity contribution in [2.24, 2.45) is 0 Å². The van der Waals surface area contributed by atoms with Crippen molar-refractivity contribution in [2.75, 3.05) is 5.32 Å². The summed E-state index contributed by atoms with van der Waals surface area (Å²) in [4.78, 5) is 27.4. The van der Waals surface area contributed by atoms with Crippen molar-refractivity contribution < 1.29 is 14.0 Å². The predicted octanol–water partition coefficient (Wildman–Crippen LogP) is 4.80. The van der Waals surface area contributed by atoms with E-state index in [1.54, 1.807) is 6.92 Å². The third-order valence-electron chi connectivity index (χ3n) is 3.78. The first-order valence-electron chi connectivity index (χ1n) is 8.85. The second-order valence-corrected chi connectivity index (χ2v) is 6.14. The lowest BCUT2D eigenvalue weighted by Gasteiger charge is -2.02. The highest BCUT2D eigenvalue weighted by molar-refractivity contribution is 6.03. The van der Waals surface area contributed by atoms with Crippen molar-refractivity contribution in [3.63, 3.8) is 0 Å². The maximum Gasteiger partial charge on any atom is 0.301 e. The molecule has 0 aliphatic rings. The van der Waals surface area contributed by atoms with Crippen molar-refractivity contribution in [3.8, 4) is 0 Å². The van der Waals surface area contributed by atoms with Crippen LogP contribution in [-0.4, -0.2) is 16.7 Å². The van der Waals surface area contributed by atoms with Crippen molar-refractivity contribution in [1.29, 1.82) is 0 Å². The van der Waals surface area contributed by atoms with Gasteiger partial charge < -0.3 is 4.42 Å². The Hall–Kier alpha value is -1.65. The number of aromatic nitrogens is 1. The van der Waals surface area contributed by atoms with Crippen LogP contribution < -0.4 is 5.32 Å². The summed E-state index contributed by atoms with van der Waals surface area (Å²) in [5, 5.41) is 2.49. The number of carbonyl (C=O) groups excluding carboxylic acids is 2. The van der Waals surface area contributed by atoms with Crippen LogP contribution in [0.2, 0.25) is 0 Å². The first-order valence-corrected chi connectivity index (χ1v) is 8.85. The molecule has 5 nitrogen and oxygen atoms in total. The first kappa shape index (κ1) is 19.4. The first-order chi connectivity index (χ1) is 11.1. The van der Waals surface area contributed by atoms with Crippen LogP contribution in [0.4, 0.5) is 6.01 Å². The summed E-state index contributed by atoms with van der Waals surface area (Å²) in [6.45, 7) is 4.00. The molecule has 0 aliphatic heterocycles. The summed E-state index contributed by atoms with van der Waals surface area (Å²) >= 11 is 0. The molecule has 0 aromatic carbocycles. The monoisotopic (exact) mass is 322 g/mol. The molecule has 23 heavy (non-hydrogen) atoms. The Bertz CT molecular complexity index is 469. The molecule has 1 N–H and O–H groups in total. The Kier molecular flexibility index (Phi) is 10.00. The van der Waals surface area contributed by atoms with Crippen molar-refractivity contribution in [3.05, 3.63) is 12.0 Å². The van der Waals surface area contributed by atoms with Crippen LogP contribution in [0.1, 0.15) is 83.2 Å². The summed E-state index contributed by atoms with van der Waals surface area (Å²) in [7, 11) is 0. The molecule has 0 radical (unpaired) electrons. The van der Waals surface area contributed by atoms with Crippen LogP contribution in [0.15, 0.2) is 10.7 Å². The fourth-order valence-electron chi connectivity index (χ4n) is 2.48. The van der Waals surface area contributed by atoms with Gasteiger partial charge in [0.15, 0.2) is 0 Å². The molecule has 130 valence electrons. The highest BCUT2D eigenvalue weighted by Crippen LogP contribution is 2.11. The molecule has 0 aliphatic carbocycles. The zero-order chi connectivity index (χ0) is 16.9. The third kappa shape index (κ3) is 9.87. The minimum atomic E-state index is -0.354. The van der Waals surface area contributed by atoms with Crippen LogP contribution in [0.5, 0.6) is 0 Å². The van der Waals surface area contributed by atoms with Gasteiger partial charge in [-0.1, -0.05) is 58.3 Å². The van der Waals surface area contributed by atoms with E-state index in [1.165, 1.54) is 51.2 Å². The number of oxazole rings is 1. The Morgan fingerprint density at radius 3 is 2.22 bits per heavy atom. The molecule has 0 atom stereocenters. The minimum absolute atomic E-state index is 0.0197. The molecule has 1 amide bonds. The Balaban J connectivity index is 1.98. The van der Waals surface area contributed by atoms with Crippen LogP contribution in [-0.2, 0) is 9.59 Å². The van der Waals surface area contributed by atoms with E-state index >= 15 is 0 Å². The molecule has 1 heterocycles. The van der Waals surface area contributed by atoms with Crippen molar-refractivity contribution in [2.45, 2.75) is 84.5 Å². The van der Waals surface area contributed by atoms with Gasteiger partial charge in [-0.05, 0) is 13.3 Å². The summed E-state index contributed by atoms with van der Waals surface area (Å²) in [5.74, 6) is -0.374. The fourth-order valence-corrected chi connectivity index (χ4v) is 2.48. The molecule has 5 heteroatoms. The number of rotatable bonds is 13. The standard InChI is InChI=1S/C18H30N2O3/c1-3-4-5-6-7-8-9-10-11-12-16(21)13-17(22)20-18-19-15(2)14-23-18/h14H,3-13H2,1-2H3,(H,19,20,22). The van der Waals surface area contributed by atoms with E-state index in [9.17, 15) is 9.59 Å². The maximum absolute atomic E-state index is 11.7. The van der Waals surface area contributed by atoms with Crippen molar-refractivity contribution >= 4 is 17.7 Å². The number of hydrogen-bond donors (Lipinski definition) is 1. The Labute approximate surface area is 139 Å². The zero-order valence-corrected chi connectivity index (χ0v) is 14.5. The average molecular weight is 322 g/mol. The zero-order valence-electron chi connectivity index (χ0n) is 14.5. The van der Waals surface area contributed by atoms with Gasteiger partial charge >= 0.3 is 6.01 Å². The molecule has 0 bridgehead atoms. The average Bonchev–Trinajstić information content (AvgIpc) is 2.90. The van der Waals surface area contributed by atoms with Gasteiger partial charge in [0, 0.05) is 6.42 Å². The Morgan fingerprint density at radius 2 is 1.65 bits per heavy atom. The number of carbonyl (C=O) groups is 2. The molecule has 0 saturated carbocycles. The van der Waals surface area contributed by atoms with Gasteiger partial charge in [-0.25, -0.2) is 0 Å². The minimum Gasteiger partial charge on any atom is -0.432 e. The van der Waals surface area contributed by atoms with E-state index in [0.29, 0.717) is 12.1 Å². The van der Waals surface area contributed by atoms with E-state index < -0.39 is 0 Å². The van der Waals surface area contributed by atoms with E-state index in [-0.39, 0.29) is 24.1 Å². The van der Waals surface area contributed by atoms with Gasteiger partial charge in [-0.3, -0.25) is 14.9 Å². The summed E-state index contributed by atoms with van der Waals surface area (Å²) in [5.41, 5.74) is 0.696. The lowest BCUT2D eigenvalue weighted by molar-refractivity contribution is -0.125. The van der Waals surface area contributed by atoms with Gasteiger partial charge in [0.2, 0.25) is 5.91 Å². The number of unbranched alkanes of at least 4 members (excludes halogenated alkanes) is 8. The lowest BCUT2D eigenvalue weighted by atomic mass is 10.0. The molecule has 1 aromatic rings. The van der Waals surface area contributed by atoms with Crippen LogP contribution in [0, 0.1) is 6.92 Å². The second kappa shape index (κ2) is 11.9. The van der Waals surface area contributed by atoms with Gasteiger partial charge in [-0.2, -0.15) is 4.98 Å². The molecular formula is C18H30N2O3. The predicted molar refractivity (Wildman–Crippen MR) is 91.3 cm³/mol. The van der Waals surface area contributed by atoms with Gasteiger partial charge in [0.05, 0.1) is 12.1 Å². The molecule has 0 spiro atoms. The van der Waals surface area contributed by atoms with E-state index in [4.69, 9.17) is 4.42 Å². The van der Waals surface area contributed by atoms with Gasteiger partial charge in [0.1, 0.15) is 12.0 Å².